The first-order valence-electron chi connectivity index (χ1n) is 6.47. The number of aromatic nitrogens is 2. The first-order valence-corrected chi connectivity index (χ1v) is 6.47. The molecule has 1 heterocycles. The summed E-state index contributed by atoms with van der Waals surface area (Å²) in [5.74, 6) is 6.25. The SMILES string of the molecule is CCC(CC)C(NN)c1cccc2nccnc12. The molecule has 0 fully saturated rings. The fraction of sp³-hybridized carbons (Fsp3) is 0.429. The number of nitrogens with zero attached hydrogens (tertiary/aromatic N) is 2. The summed E-state index contributed by atoms with van der Waals surface area (Å²) in [7, 11) is 0. The van der Waals surface area contributed by atoms with Crippen LogP contribution in [0, 0.1) is 5.92 Å². The van der Waals surface area contributed by atoms with Gasteiger partial charge < -0.3 is 0 Å². The number of nitrogens with one attached hydrogen (secondary N) is 1. The normalized spacial score (nSPS) is 13.1. The molecule has 0 saturated carbocycles. The molecule has 1 atom stereocenters. The maximum atomic E-state index is 5.75. The van der Waals surface area contributed by atoms with Gasteiger partial charge >= 0.3 is 0 Å². The minimum Gasteiger partial charge on any atom is -0.271 e. The highest BCUT2D eigenvalue weighted by Gasteiger charge is 2.21. The number of hydrogen-bond acceptors (Lipinski definition) is 4. The Balaban J connectivity index is 2.51. The van der Waals surface area contributed by atoms with Crippen LogP contribution < -0.4 is 11.3 Å². The number of benzene rings is 1. The van der Waals surface area contributed by atoms with E-state index in [0.29, 0.717) is 5.92 Å². The maximum absolute atomic E-state index is 5.75. The zero-order valence-electron chi connectivity index (χ0n) is 10.9. The van der Waals surface area contributed by atoms with Crippen LogP contribution in [0.4, 0.5) is 0 Å². The summed E-state index contributed by atoms with van der Waals surface area (Å²) >= 11 is 0. The Kier molecular flexibility index (Phi) is 4.23. The summed E-state index contributed by atoms with van der Waals surface area (Å²) in [6.07, 6.45) is 5.62. The molecular weight excluding hydrogens is 224 g/mol. The van der Waals surface area contributed by atoms with E-state index < -0.39 is 0 Å². The maximum Gasteiger partial charge on any atom is 0.0935 e. The van der Waals surface area contributed by atoms with Crippen LogP contribution in [0.25, 0.3) is 11.0 Å². The molecule has 0 aliphatic heterocycles. The second-order valence-electron chi connectivity index (χ2n) is 4.49. The zero-order chi connectivity index (χ0) is 13.0. The fourth-order valence-electron chi connectivity index (χ4n) is 2.51. The summed E-state index contributed by atoms with van der Waals surface area (Å²) in [5.41, 5.74) is 5.94. The van der Waals surface area contributed by atoms with Gasteiger partial charge in [0.05, 0.1) is 17.1 Å². The molecule has 3 N–H and O–H groups in total. The van der Waals surface area contributed by atoms with Crippen LogP contribution in [0.3, 0.4) is 0 Å². The Labute approximate surface area is 108 Å². The van der Waals surface area contributed by atoms with Gasteiger partial charge in [0.25, 0.3) is 0 Å². The number of nitrogens with two attached hydrogens (primary N) is 1. The summed E-state index contributed by atoms with van der Waals surface area (Å²) < 4.78 is 0. The van der Waals surface area contributed by atoms with E-state index in [0.717, 1.165) is 29.4 Å². The number of fused-ring (bicyclic) bond motifs is 1. The average Bonchev–Trinajstić information content (AvgIpc) is 2.44. The van der Waals surface area contributed by atoms with Gasteiger partial charge in [0.2, 0.25) is 0 Å². The van der Waals surface area contributed by atoms with E-state index in [1.165, 1.54) is 0 Å². The molecule has 0 aliphatic carbocycles. The van der Waals surface area contributed by atoms with Crippen LogP contribution in [-0.2, 0) is 0 Å². The van der Waals surface area contributed by atoms with E-state index in [2.05, 4.69) is 35.3 Å². The van der Waals surface area contributed by atoms with E-state index in [-0.39, 0.29) is 6.04 Å². The van der Waals surface area contributed by atoms with E-state index in [9.17, 15) is 0 Å². The van der Waals surface area contributed by atoms with Crippen LogP contribution in [0.1, 0.15) is 38.3 Å². The fourth-order valence-corrected chi connectivity index (χ4v) is 2.51. The van der Waals surface area contributed by atoms with Crippen molar-refractivity contribution in [3.05, 3.63) is 36.2 Å². The molecule has 4 heteroatoms. The molecule has 0 bridgehead atoms. The Morgan fingerprint density at radius 1 is 1.17 bits per heavy atom. The predicted octanol–water partition coefficient (Wildman–Crippen LogP) is 2.57. The molecule has 0 amide bonds. The second kappa shape index (κ2) is 5.89. The summed E-state index contributed by atoms with van der Waals surface area (Å²) in [5, 5.41) is 0. The zero-order valence-corrected chi connectivity index (χ0v) is 10.9. The van der Waals surface area contributed by atoms with E-state index in [4.69, 9.17) is 5.84 Å². The Morgan fingerprint density at radius 3 is 2.56 bits per heavy atom. The number of hydrazine groups is 1. The molecule has 1 unspecified atom stereocenters. The van der Waals surface area contributed by atoms with Gasteiger partial charge in [-0.1, -0.05) is 38.8 Å². The topological polar surface area (TPSA) is 63.8 Å². The lowest BCUT2D eigenvalue weighted by atomic mass is 9.88. The minimum absolute atomic E-state index is 0.125. The van der Waals surface area contributed by atoms with Crippen molar-refractivity contribution in [3.8, 4) is 0 Å². The van der Waals surface area contributed by atoms with Crippen LogP contribution in [-0.4, -0.2) is 9.97 Å². The summed E-state index contributed by atoms with van der Waals surface area (Å²) in [4.78, 5) is 8.78. The molecule has 0 aliphatic rings. The molecule has 1 aromatic heterocycles. The van der Waals surface area contributed by atoms with Gasteiger partial charge in [-0.2, -0.15) is 0 Å². The quantitative estimate of drug-likeness (QED) is 0.626. The molecule has 0 spiro atoms. The largest absolute Gasteiger partial charge is 0.271 e. The summed E-state index contributed by atoms with van der Waals surface area (Å²) in [6, 6.07) is 6.20. The van der Waals surface area contributed by atoms with Crippen molar-refractivity contribution in [2.45, 2.75) is 32.7 Å². The van der Waals surface area contributed by atoms with Crippen LogP contribution in [0.5, 0.6) is 0 Å². The van der Waals surface area contributed by atoms with Crippen molar-refractivity contribution in [1.29, 1.82) is 0 Å². The lowest BCUT2D eigenvalue weighted by molar-refractivity contribution is 0.347. The molecule has 1 aromatic carbocycles. The van der Waals surface area contributed by atoms with Crippen molar-refractivity contribution in [2.24, 2.45) is 11.8 Å². The Hall–Kier alpha value is -1.52. The molecule has 0 saturated heterocycles. The summed E-state index contributed by atoms with van der Waals surface area (Å²) in [6.45, 7) is 4.38. The van der Waals surface area contributed by atoms with Crippen LogP contribution in [0.2, 0.25) is 0 Å². The molecule has 2 rings (SSSR count). The van der Waals surface area contributed by atoms with Crippen molar-refractivity contribution in [3.63, 3.8) is 0 Å². The average molecular weight is 244 g/mol. The lowest BCUT2D eigenvalue weighted by Gasteiger charge is -2.25. The molecule has 0 radical (unpaired) electrons. The van der Waals surface area contributed by atoms with Crippen molar-refractivity contribution < 1.29 is 0 Å². The predicted molar refractivity (Wildman–Crippen MR) is 73.7 cm³/mol. The first kappa shape index (κ1) is 12.9. The number of hydrogen-bond donors (Lipinski definition) is 2. The van der Waals surface area contributed by atoms with Gasteiger partial charge in [-0.15, -0.1) is 0 Å². The van der Waals surface area contributed by atoms with Gasteiger partial charge in [0.1, 0.15) is 0 Å². The lowest BCUT2D eigenvalue weighted by Crippen LogP contribution is -2.33. The Morgan fingerprint density at radius 2 is 1.89 bits per heavy atom. The number of rotatable bonds is 5. The van der Waals surface area contributed by atoms with Crippen molar-refractivity contribution in [2.75, 3.05) is 0 Å². The molecule has 96 valence electrons. The van der Waals surface area contributed by atoms with Gasteiger partial charge in [-0.25, -0.2) is 0 Å². The second-order valence-corrected chi connectivity index (χ2v) is 4.49. The van der Waals surface area contributed by atoms with Gasteiger partial charge in [0, 0.05) is 12.4 Å². The van der Waals surface area contributed by atoms with Crippen LogP contribution >= 0.6 is 0 Å². The van der Waals surface area contributed by atoms with Crippen LogP contribution in [0.15, 0.2) is 30.6 Å². The standard InChI is InChI=1S/C14H20N4/c1-3-10(4-2)13(18-15)11-6-5-7-12-14(11)17-9-8-16-12/h5-10,13,18H,3-4,15H2,1-2H3. The smallest absolute Gasteiger partial charge is 0.0935 e. The number of para-hydroxylation sites is 1. The highest BCUT2D eigenvalue weighted by atomic mass is 15.2. The Bertz CT molecular complexity index is 503. The van der Waals surface area contributed by atoms with Gasteiger partial charge in [-0.05, 0) is 17.5 Å². The highest BCUT2D eigenvalue weighted by Crippen LogP contribution is 2.30. The minimum atomic E-state index is 0.125. The third kappa shape index (κ3) is 2.35. The molecule has 18 heavy (non-hydrogen) atoms. The van der Waals surface area contributed by atoms with E-state index in [1.54, 1.807) is 12.4 Å². The molecule has 4 nitrogen and oxygen atoms in total. The third-order valence-corrected chi connectivity index (χ3v) is 3.56. The van der Waals surface area contributed by atoms with Gasteiger partial charge in [0.15, 0.2) is 0 Å². The van der Waals surface area contributed by atoms with Crippen molar-refractivity contribution >= 4 is 11.0 Å². The van der Waals surface area contributed by atoms with Crippen molar-refractivity contribution in [1.82, 2.24) is 15.4 Å². The third-order valence-electron chi connectivity index (χ3n) is 3.56. The monoisotopic (exact) mass is 244 g/mol. The van der Waals surface area contributed by atoms with Gasteiger partial charge in [-0.3, -0.25) is 21.2 Å². The highest BCUT2D eigenvalue weighted by molar-refractivity contribution is 5.78. The molecule has 2 aromatic rings. The van der Waals surface area contributed by atoms with E-state index in [1.807, 2.05) is 12.1 Å². The molecular formula is C14H20N4. The first-order chi connectivity index (χ1) is 8.81. The van der Waals surface area contributed by atoms with E-state index >= 15 is 0 Å².